The number of rotatable bonds is 11. The van der Waals surface area contributed by atoms with Gasteiger partial charge in [0.15, 0.2) is 5.65 Å². The van der Waals surface area contributed by atoms with Gasteiger partial charge in [0.1, 0.15) is 22.7 Å². The zero-order valence-electron chi connectivity index (χ0n) is 26.4. The highest BCUT2D eigenvalue weighted by Crippen LogP contribution is 2.40. The number of carbonyl (C=O) groups excluding carboxylic acids is 1. The number of amides is 1. The first kappa shape index (κ1) is 31.8. The highest BCUT2D eigenvalue weighted by molar-refractivity contribution is 8.00. The summed E-state index contributed by atoms with van der Waals surface area (Å²) in [6.45, 7) is 1.98. The van der Waals surface area contributed by atoms with Gasteiger partial charge in [-0.05, 0) is 43.5 Å². The minimum atomic E-state index is -3.06. The molecule has 1 amide bonds. The van der Waals surface area contributed by atoms with E-state index in [4.69, 9.17) is 19.3 Å². The van der Waals surface area contributed by atoms with Gasteiger partial charge in [-0.3, -0.25) is 14.4 Å². The van der Waals surface area contributed by atoms with Crippen molar-refractivity contribution in [1.29, 1.82) is 0 Å². The number of halogens is 2. The van der Waals surface area contributed by atoms with Crippen LogP contribution in [0.3, 0.4) is 0 Å². The number of thioether (sulfide) groups is 1. The molecule has 1 aromatic carbocycles. The summed E-state index contributed by atoms with van der Waals surface area (Å²) in [6.07, 6.45) is 11.3. The maximum Gasteiger partial charge on any atom is 0.387 e. The fourth-order valence-electron chi connectivity index (χ4n) is 6.47. The quantitative estimate of drug-likeness (QED) is 0.215. The van der Waals surface area contributed by atoms with Gasteiger partial charge < -0.3 is 19.5 Å². The van der Waals surface area contributed by atoms with Crippen LogP contribution in [0.25, 0.3) is 16.9 Å². The molecule has 0 spiro atoms. The first-order valence-electron chi connectivity index (χ1n) is 16.2. The summed E-state index contributed by atoms with van der Waals surface area (Å²) in [6, 6.07) is 7.42. The first-order valence-corrected chi connectivity index (χ1v) is 17.1. The molecular weight excluding hydrogens is 658 g/mol. The van der Waals surface area contributed by atoms with Crippen LogP contribution in [-0.2, 0) is 16.0 Å². The molecule has 14 nitrogen and oxygen atoms in total. The summed E-state index contributed by atoms with van der Waals surface area (Å²) in [5.41, 5.74) is 2.15. The number of fused-ring (bicyclic) bond motifs is 1. The molecular formula is C32H34F2N10O4S. The Kier molecular flexibility index (Phi) is 8.96. The molecule has 0 aliphatic carbocycles. The van der Waals surface area contributed by atoms with Gasteiger partial charge in [0.2, 0.25) is 0 Å². The van der Waals surface area contributed by atoms with Crippen LogP contribution in [0, 0.1) is 0 Å². The molecule has 17 heteroatoms. The van der Waals surface area contributed by atoms with Crippen molar-refractivity contribution in [1.82, 2.24) is 44.3 Å². The number of nitrogens with one attached hydrogen (secondary N) is 1. The Labute approximate surface area is 283 Å². The largest absolute Gasteiger partial charge is 0.434 e. The van der Waals surface area contributed by atoms with Gasteiger partial charge in [-0.15, -0.1) is 16.9 Å². The molecule has 8 rings (SSSR count). The number of hydrogen-bond acceptors (Lipinski definition) is 11. The third-order valence-corrected chi connectivity index (χ3v) is 10.2. The maximum atomic E-state index is 13.6. The summed E-state index contributed by atoms with van der Waals surface area (Å²) in [5.74, 6) is -0.548. The number of benzene rings is 1. The van der Waals surface area contributed by atoms with Gasteiger partial charge in [0.25, 0.3) is 5.91 Å². The van der Waals surface area contributed by atoms with Crippen molar-refractivity contribution in [2.75, 3.05) is 44.8 Å². The molecule has 0 saturated carbocycles. The van der Waals surface area contributed by atoms with E-state index in [-0.39, 0.29) is 34.8 Å². The lowest BCUT2D eigenvalue weighted by atomic mass is 10.0. The SMILES string of the molecule is O=C(Nc1cn(Cc2cn(C3CCN([C@H]4CCOC4)CC3)nn2)nc1-c1cc(SC2COC2)ccc1OC(F)F)c1cnn2cccnc12. The molecule has 1 atom stereocenters. The number of carbonyl (C=O) groups is 1. The molecule has 0 unspecified atom stereocenters. The van der Waals surface area contributed by atoms with Gasteiger partial charge >= 0.3 is 6.61 Å². The van der Waals surface area contributed by atoms with E-state index in [1.54, 1.807) is 53.2 Å². The van der Waals surface area contributed by atoms with E-state index in [0.717, 1.165) is 50.5 Å². The summed E-state index contributed by atoms with van der Waals surface area (Å²) in [7, 11) is 0. The Hall–Kier alpha value is -4.45. The summed E-state index contributed by atoms with van der Waals surface area (Å²) in [4.78, 5) is 21.2. The standard InChI is InChI=1S/C32H34F2N10O4S/c33-32(34)48-28-3-2-23(49-24-18-47-19-24)12-25(28)29-27(37-31(45)26-13-36-43-8-1-7-35-30(26)43)16-42(39-29)14-20-15-44(40-38-20)21-4-9-41(10-5-21)22-6-11-46-17-22/h1-3,7-8,12-13,15-16,21-22,24,32H,4-6,9-11,14,17-19H2,(H,37,45)/t22-/m0/s1. The second-order valence-corrected chi connectivity index (χ2v) is 13.7. The van der Waals surface area contributed by atoms with Crippen molar-refractivity contribution in [3.05, 3.63) is 66.5 Å². The van der Waals surface area contributed by atoms with Gasteiger partial charge in [-0.25, -0.2) is 14.2 Å². The molecule has 4 aromatic heterocycles. The molecule has 3 aliphatic heterocycles. The van der Waals surface area contributed by atoms with Crippen LogP contribution in [0.5, 0.6) is 5.75 Å². The molecule has 5 aromatic rings. The predicted octanol–water partition coefficient (Wildman–Crippen LogP) is 4.00. The Bertz CT molecular complexity index is 1930. The maximum absolute atomic E-state index is 13.6. The second kappa shape index (κ2) is 13.8. The van der Waals surface area contributed by atoms with Crippen molar-refractivity contribution in [2.24, 2.45) is 0 Å². The topological polar surface area (TPSA) is 139 Å². The lowest BCUT2D eigenvalue weighted by Crippen LogP contribution is -2.42. The Morgan fingerprint density at radius 1 is 1.10 bits per heavy atom. The molecule has 3 fully saturated rings. The highest BCUT2D eigenvalue weighted by Gasteiger charge is 2.29. The Balaban J connectivity index is 1.08. The molecule has 256 valence electrons. The number of alkyl halides is 2. The van der Waals surface area contributed by atoms with Gasteiger partial charge in [-0.1, -0.05) is 5.21 Å². The molecule has 0 radical (unpaired) electrons. The Morgan fingerprint density at radius 3 is 2.76 bits per heavy atom. The molecule has 3 saturated heterocycles. The third kappa shape index (κ3) is 6.88. The molecule has 0 bridgehead atoms. The van der Waals surface area contributed by atoms with Crippen molar-refractivity contribution in [3.8, 4) is 17.0 Å². The lowest BCUT2D eigenvalue weighted by Gasteiger charge is -2.35. The zero-order chi connectivity index (χ0) is 33.3. The minimum Gasteiger partial charge on any atom is -0.434 e. The first-order chi connectivity index (χ1) is 24.0. The van der Waals surface area contributed by atoms with Crippen LogP contribution >= 0.6 is 11.8 Å². The number of likely N-dealkylation sites (tertiary alicyclic amines) is 1. The average molecular weight is 693 g/mol. The van der Waals surface area contributed by atoms with Crippen LogP contribution in [0.2, 0.25) is 0 Å². The third-order valence-electron chi connectivity index (χ3n) is 9.04. The van der Waals surface area contributed by atoms with E-state index in [2.05, 4.69) is 30.6 Å². The Morgan fingerprint density at radius 2 is 1.98 bits per heavy atom. The molecule has 49 heavy (non-hydrogen) atoms. The van der Waals surface area contributed by atoms with E-state index >= 15 is 0 Å². The highest BCUT2D eigenvalue weighted by atomic mass is 32.2. The van der Waals surface area contributed by atoms with Crippen LogP contribution in [0.4, 0.5) is 14.5 Å². The molecule has 1 N–H and O–H groups in total. The fraction of sp³-hybridized carbons (Fsp3) is 0.438. The number of ether oxygens (including phenoxy) is 3. The normalized spacial score (nSPS) is 19.1. The second-order valence-electron chi connectivity index (χ2n) is 12.3. The van der Waals surface area contributed by atoms with E-state index in [1.165, 1.54) is 16.8 Å². The van der Waals surface area contributed by atoms with Gasteiger partial charge in [0, 0.05) is 54.8 Å². The van der Waals surface area contributed by atoms with Crippen LogP contribution in [-0.4, -0.2) is 108 Å². The summed E-state index contributed by atoms with van der Waals surface area (Å²) >= 11 is 1.58. The number of aromatic nitrogens is 8. The van der Waals surface area contributed by atoms with E-state index < -0.39 is 12.5 Å². The van der Waals surface area contributed by atoms with E-state index in [9.17, 15) is 13.6 Å². The molecule has 7 heterocycles. The smallest absolute Gasteiger partial charge is 0.387 e. The summed E-state index contributed by atoms with van der Waals surface area (Å²) in [5, 5.41) is 21.0. The fourth-order valence-corrected chi connectivity index (χ4v) is 7.51. The van der Waals surface area contributed by atoms with Gasteiger partial charge in [-0.2, -0.15) is 19.0 Å². The average Bonchev–Trinajstić information content (AvgIpc) is 3.91. The van der Waals surface area contributed by atoms with Crippen molar-refractivity contribution in [2.45, 2.75) is 54.6 Å². The lowest BCUT2D eigenvalue weighted by molar-refractivity contribution is -0.0494. The summed E-state index contributed by atoms with van der Waals surface area (Å²) < 4.78 is 48.1. The van der Waals surface area contributed by atoms with Crippen LogP contribution in [0.15, 0.2) is 60.1 Å². The minimum absolute atomic E-state index is 0.0657. The molecule has 3 aliphatic rings. The zero-order valence-corrected chi connectivity index (χ0v) is 27.2. The van der Waals surface area contributed by atoms with Crippen molar-refractivity contribution >= 4 is 29.0 Å². The van der Waals surface area contributed by atoms with Crippen LogP contribution in [0.1, 0.15) is 41.4 Å². The van der Waals surface area contributed by atoms with E-state index in [0.29, 0.717) is 41.8 Å². The van der Waals surface area contributed by atoms with Crippen LogP contribution < -0.4 is 10.1 Å². The van der Waals surface area contributed by atoms with Crippen molar-refractivity contribution in [3.63, 3.8) is 0 Å². The number of piperidine rings is 1. The van der Waals surface area contributed by atoms with Crippen molar-refractivity contribution < 1.29 is 27.8 Å². The number of nitrogens with zero attached hydrogens (tertiary/aromatic N) is 9. The van der Waals surface area contributed by atoms with Gasteiger partial charge in [0.05, 0.1) is 55.7 Å². The van der Waals surface area contributed by atoms with E-state index in [1.807, 2.05) is 10.9 Å². The predicted molar refractivity (Wildman–Crippen MR) is 174 cm³/mol. The number of hydrogen-bond donors (Lipinski definition) is 1. The monoisotopic (exact) mass is 692 g/mol. The number of anilines is 1.